The van der Waals surface area contributed by atoms with Crippen LogP contribution in [0, 0.1) is 11.7 Å². The molecule has 1 aliphatic rings. The van der Waals surface area contributed by atoms with Gasteiger partial charge in [0, 0.05) is 13.0 Å². The van der Waals surface area contributed by atoms with Gasteiger partial charge in [0.1, 0.15) is 11.6 Å². The van der Waals surface area contributed by atoms with Gasteiger partial charge < -0.3 is 9.84 Å². The minimum absolute atomic E-state index is 0.210. The fourth-order valence-corrected chi connectivity index (χ4v) is 3.37. The van der Waals surface area contributed by atoms with Gasteiger partial charge in [-0.15, -0.1) is 0 Å². The zero-order valence-electron chi connectivity index (χ0n) is 14.9. The van der Waals surface area contributed by atoms with Crippen LogP contribution in [0.15, 0.2) is 48.5 Å². The SMILES string of the molecule is CCN1CCC(C(=O)O)CC1Oc1ccc(Cc2ccc(F)cc2)cc1. The lowest BCUT2D eigenvalue weighted by Crippen LogP contribution is -2.47. The summed E-state index contributed by atoms with van der Waals surface area (Å²) in [6.07, 6.45) is 1.68. The Kier molecular flexibility index (Phi) is 5.89. The van der Waals surface area contributed by atoms with Crippen LogP contribution in [0.4, 0.5) is 4.39 Å². The molecule has 3 rings (SSSR count). The summed E-state index contributed by atoms with van der Waals surface area (Å²) in [5.74, 6) is -0.586. The molecule has 0 bridgehead atoms. The molecule has 2 aromatic carbocycles. The number of benzene rings is 2. The standard InChI is InChI=1S/C21H24FNO3/c1-2-23-12-11-17(21(24)25)14-20(23)26-19-9-5-16(6-10-19)13-15-3-7-18(22)8-4-15/h3-10,17,20H,2,11-14H2,1H3,(H,24,25). The lowest BCUT2D eigenvalue weighted by atomic mass is 9.95. The Morgan fingerprint density at radius 3 is 2.35 bits per heavy atom. The third-order valence-corrected chi connectivity index (χ3v) is 4.93. The first-order chi connectivity index (χ1) is 12.5. The van der Waals surface area contributed by atoms with Crippen LogP contribution in [0.2, 0.25) is 0 Å². The Hall–Kier alpha value is -2.40. The van der Waals surface area contributed by atoms with Crippen molar-refractivity contribution in [3.05, 3.63) is 65.5 Å². The van der Waals surface area contributed by atoms with Crippen molar-refractivity contribution in [3.63, 3.8) is 0 Å². The summed E-state index contributed by atoms with van der Waals surface area (Å²) in [7, 11) is 0. The van der Waals surface area contributed by atoms with Gasteiger partial charge in [-0.05, 0) is 54.8 Å². The highest BCUT2D eigenvalue weighted by Gasteiger charge is 2.32. The molecule has 0 saturated carbocycles. The molecule has 0 amide bonds. The van der Waals surface area contributed by atoms with Crippen LogP contribution >= 0.6 is 0 Å². The van der Waals surface area contributed by atoms with E-state index in [0.29, 0.717) is 12.8 Å². The Balaban J connectivity index is 1.63. The van der Waals surface area contributed by atoms with E-state index in [0.717, 1.165) is 36.4 Å². The first kappa shape index (κ1) is 18.4. The highest BCUT2D eigenvalue weighted by atomic mass is 19.1. The van der Waals surface area contributed by atoms with Gasteiger partial charge in [-0.1, -0.05) is 31.2 Å². The number of rotatable bonds is 6. The largest absolute Gasteiger partial charge is 0.481 e. The molecule has 1 fully saturated rings. The molecule has 2 unspecified atom stereocenters. The van der Waals surface area contributed by atoms with E-state index in [9.17, 15) is 14.3 Å². The summed E-state index contributed by atoms with van der Waals surface area (Å²) in [5.41, 5.74) is 2.16. The van der Waals surface area contributed by atoms with E-state index >= 15 is 0 Å². The van der Waals surface area contributed by atoms with Gasteiger partial charge in [0.05, 0.1) is 5.92 Å². The Morgan fingerprint density at radius 1 is 1.15 bits per heavy atom. The zero-order valence-corrected chi connectivity index (χ0v) is 14.9. The summed E-state index contributed by atoms with van der Waals surface area (Å²) >= 11 is 0. The lowest BCUT2D eigenvalue weighted by Gasteiger charge is -2.37. The number of hydrogen-bond acceptors (Lipinski definition) is 3. The molecular formula is C21H24FNO3. The topological polar surface area (TPSA) is 49.8 Å². The van der Waals surface area contributed by atoms with E-state index in [1.54, 1.807) is 12.1 Å². The molecule has 1 N–H and O–H groups in total. The molecule has 1 heterocycles. The third-order valence-electron chi connectivity index (χ3n) is 4.93. The van der Waals surface area contributed by atoms with Gasteiger partial charge in [0.25, 0.3) is 0 Å². The summed E-state index contributed by atoms with van der Waals surface area (Å²) in [5, 5.41) is 9.28. The van der Waals surface area contributed by atoms with Gasteiger partial charge in [-0.25, -0.2) is 4.39 Å². The molecule has 4 nitrogen and oxygen atoms in total. The number of carboxylic acid groups (broad SMARTS) is 1. The summed E-state index contributed by atoms with van der Waals surface area (Å²) < 4.78 is 19.1. The average Bonchev–Trinajstić information content (AvgIpc) is 2.65. The number of aliphatic carboxylic acids is 1. The van der Waals surface area contributed by atoms with E-state index in [4.69, 9.17) is 4.74 Å². The minimum Gasteiger partial charge on any atom is -0.481 e. The van der Waals surface area contributed by atoms with Crippen LogP contribution in [0.3, 0.4) is 0 Å². The average molecular weight is 357 g/mol. The second-order valence-corrected chi connectivity index (χ2v) is 6.71. The first-order valence-electron chi connectivity index (χ1n) is 9.02. The molecule has 0 aliphatic carbocycles. The van der Waals surface area contributed by atoms with Crippen molar-refractivity contribution in [1.29, 1.82) is 0 Å². The third kappa shape index (κ3) is 4.61. The fraction of sp³-hybridized carbons (Fsp3) is 0.381. The lowest BCUT2D eigenvalue weighted by molar-refractivity contribution is -0.146. The number of carbonyl (C=O) groups is 1. The van der Waals surface area contributed by atoms with Crippen molar-refractivity contribution < 1.29 is 19.0 Å². The van der Waals surface area contributed by atoms with Crippen molar-refractivity contribution >= 4 is 5.97 Å². The summed E-state index contributed by atoms with van der Waals surface area (Å²) in [4.78, 5) is 13.5. The molecule has 0 spiro atoms. The number of carboxylic acids is 1. The van der Waals surface area contributed by atoms with Gasteiger partial charge in [0.2, 0.25) is 0 Å². The van der Waals surface area contributed by atoms with Gasteiger partial charge in [0.15, 0.2) is 6.23 Å². The molecule has 1 aliphatic heterocycles. The van der Waals surface area contributed by atoms with E-state index in [2.05, 4.69) is 11.8 Å². The van der Waals surface area contributed by atoms with E-state index in [-0.39, 0.29) is 18.0 Å². The fourth-order valence-electron chi connectivity index (χ4n) is 3.37. The Morgan fingerprint density at radius 2 is 1.77 bits per heavy atom. The van der Waals surface area contributed by atoms with E-state index < -0.39 is 5.97 Å². The number of likely N-dealkylation sites (tertiary alicyclic amines) is 1. The van der Waals surface area contributed by atoms with E-state index in [1.165, 1.54) is 12.1 Å². The minimum atomic E-state index is -0.746. The molecule has 2 atom stereocenters. The maximum absolute atomic E-state index is 13.0. The Labute approximate surface area is 153 Å². The van der Waals surface area contributed by atoms with Crippen molar-refractivity contribution in [3.8, 4) is 5.75 Å². The number of piperidine rings is 1. The number of ether oxygens (including phenoxy) is 1. The number of hydrogen-bond donors (Lipinski definition) is 1. The van der Waals surface area contributed by atoms with Crippen LogP contribution in [-0.4, -0.2) is 35.3 Å². The Bertz CT molecular complexity index is 730. The van der Waals surface area contributed by atoms with Crippen molar-refractivity contribution in [1.82, 2.24) is 4.90 Å². The normalized spacial score (nSPS) is 20.7. The molecular weight excluding hydrogens is 333 g/mol. The van der Waals surface area contributed by atoms with Crippen molar-refractivity contribution in [2.75, 3.05) is 13.1 Å². The monoisotopic (exact) mass is 357 g/mol. The smallest absolute Gasteiger partial charge is 0.306 e. The van der Waals surface area contributed by atoms with Gasteiger partial charge in [-0.2, -0.15) is 0 Å². The molecule has 138 valence electrons. The first-order valence-corrected chi connectivity index (χ1v) is 9.02. The summed E-state index contributed by atoms with van der Waals surface area (Å²) in [6, 6.07) is 14.3. The van der Waals surface area contributed by atoms with Crippen molar-refractivity contribution in [2.45, 2.75) is 32.4 Å². The number of halogens is 1. The van der Waals surface area contributed by atoms with Crippen molar-refractivity contribution in [2.24, 2.45) is 5.92 Å². The molecule has 0 aromatic heterocycles. The molecule has 26 heavy (non-hydrogen) atoms. The van der Waals surface area contributed by atoms with E-state index in [1.807, 2.05) is 24.3 Å². The highest BCUT2D eigenvalue weighted by molar-refractivity contribution is 5.70. The van der Waals surface area contributed by atoms with Crippen LogP contribution in [0.1, 0.15) is 30.9 Å². The zero-order chi connectivity index (χ0) is 18.5. The van der Waals surface area contributed by atoms with Crippen LogP contribution < -0.4 is 4.74 Å². The molecule has 5 heteroatoms. The number of nitrogens with zero attached hydrogens (tertiary/aromatic N) is 1. The predicted molar refractivity (Wildman–Crippen MR) is 97.7 cm³/mol. The van der Waals surface area contributed by atoms with Crippen LogP contribution in [0.25, 0.3) is 0 Å². The molecule has 2 aromatic rings. The predicted octanol–water partition coefficient (Wildman–Crippen LogP) is 3.94. The van der Waals surface area contributed by atoms with Gasteiger partial charge in [-0.3, -0.25) is 9.69 Å². The quantitative estimate of drug-likeness (QED) is 0.851. The maximum atomic E-state index is 13.0. The molecule has 1 saturated heterocycles. The summed E-state index contributed by atoms with van der Waals surface area (Å²) in [6.45, 7) is 3.63. The highest BCUT2D eigenvalue weighted by Crippen LogP contribution is 2.26. The van der Waals surface area contributed by atoms with Crippen LogP contribution in [-0.2, 0) is 11.2 Å². The second-order valence-electron chi connectivity index (χ2n) is 6.71. The second kappa shape index (κ2) is 8.32. The van der Waals surface area contributed by atoms with Gasteiger partial charge >= 0.3 is 5.97 Å². The van der Waals surface area contributed by atoms with Crippen LogP contribution in [0.5, 0.6) is 5.75 Å². The maximum Gasteiger partial charge on any atom is 0.306 e. The molecule has 0 radical (unpaired) electrons.